The van der Waals surface area contributed by atoms with Gasteiger partial charge in [-0.1, -0.05) is 44.5 Å². The number of hydrogen-bond acceptors (Lipinski definition) is 1. The molecule has 120 valence electrons. The summed E-state index contributed by atoms with van der Waals surface area (Å²) in [5.41, 5.74) is 3.13. The lowest BCUT2D eigenvalue weighted by molar-refractivity contribution is -0.137. The highest BCUT2D eigenvalue weighted by Gasteiger charge is 2.34. The van der Waals surface area contributed by atoms with E-state index in [1.54, 1.807) is 0 Å². The molecule has 0 bridgehead atoms. The first-order chi connectivity index (χ1) is 10.4. The maximum absolute atomic E-state index is 11.2. The second-order valence-electron chi connectivity index (χ2n) is 8.17. The van der Waals surface area contributed by atoms with Gasteiger partial charge in [0.05, 0.1) is 6.42 Å². The summed E-state index contributed by atoms with van der Waals surface area (Å²) >= 11 is 0. The minimum atomic E-state index is -0.666. The Morgan fingerprint density at radius 2 is 2.09 bits per heavy atom. The zero-order chi connectivity index (χ0) is 15.7. The average molecular weight is 300 g/mol. The molecule has 0 aromatic heterocycles. The molecule has 0 radical (unpaired) electrons. The van der Waals surface area contributed by atoms with Gasteiger partial charge in [0.25, 0.3) is 0 Å². The van der Waals surface area contributed by atoms with Crippen molar-refractivity contribution in [1.82, 2.24) is 0 Å². The van der Waals surface area contributed by atoms with Crippen molar-refractivity contribution in [2.45, 2.75) is 70.6 Å². The molecule has 1 aromatic rings. The molecule has 2 aliphatic carbocycles. The smallest absolute Gasteiger partial charge is 0.303 e. The van der Waals surface area contributed by atoms with E-state index >= 15 is 0 Å². The number of carboxylic acid groups (broad SMARTS) is 1. The van der Waals surface area contributed by atoms with E-state index in [0.29, 0.717) is 17.3 Å². The van der Waals surface area contributed by atoms with Crippen molar-refractivity contribution in [3.63, 3.8) is 0 Å². The molecule has 2 heteroatoms. The van der Waals surface area contributed by atoms with Crippen molar-refractivity contribution in [3.8, 4) is 0 Å². The van der Waals surface area contributed by atoms with E-state index in [0.717, 1.165) is 0 Å². The first-order valence-corrected chi connectivity index (χ1v) is 8.76. The van der Waals surface area contributed by atoms with Crippen molar-refractivity contribution in [3.05, 3.63) is 35.4 Å². The van der Waals surface area contributed by atoms with Gasteiger partial charge >= 0.3 is 5.97 Å². The molecule has 0 heterocycles. The Kier molecular flexibility index (Phi) is 4.29. The van der Waals surface area contributed by atoms with Gasteiger partial charge in [0.1, 0.15) is 0 Å². The molecule has 1 N–H and O–H groups in total. The van der Waals surface area contributed by atoms with E-state index in [4.69, 9.17) is 0 Å². The highest BCUT2D eigenvalue weighted by molar-refractivity contribution is 5.68. The van der Waals surface area contributed by atoms with Gasteiger partial charge in [-0.25, -0.2) is 0 Å². The average Bonchev–Trinajstić information content (AvgIpc) is 3.28. The molecule has 1 aromatic carbocycles. The van der Waals surface area contributed by atoms with Gasteiger partial charge in [0.2, 0.25) is 0 Å². The zero-order valence-corrected chi connectivity index (χ0v) is 13.8. The molecule has 2 atom stereocenters. The van der Waals surface area contributed by atoms with Gasteiger partial charge in [0.15, 0.2) is 0 Å². The fraction of sp³-hybridized carbons (Fsp3) is 0.650. The Bertz CT molecular complexity index is 542. The van der Waals surface area contributed by atoms with Crippen LogP contribution in [0.1, 0.15) is 81.8 Å². The molecule has 2 nitrogen and oxygen atoms in total. The Labute approximate surface area is 133 Å². The fourth-order valence-electron chi connectivity index (χ4n) is 4.27. The zero-order valence-electron chi connectivity index (χ0n) is 13.8. The molecule has 0 saturated heterocycles. The van der Waals surface area contributed by atoms with Crippen LogP contribution >= 0.6 is 0 Å². The largest absolute Gasteiger partial charge is 0.481 e. The minimum Gasteiger partial charge on any atom is -0.481 e. The van der Waals surface area contributed by atoms with Crippen LogP contribution in [0.4, 0.5) is 0 Å². The Hall–Kier alpha value is -1.31. The summed E-state index contributed by atoms with van der Waals surface area (Å²) in [4.78, 5) is 11.2. The Morgan fingerprint density at radius 1 is 1.32 bits per heavy atom. The highest BCUT2D eigenvalue weighted by Crippen LogP contribution is 2.47. The van der Waals surface area contributed by atoms with E-state index in [9.17, 15) is 9.90 Å². The molecule has 2 aliphatic rings. The maximum Gasteiger partial charge on any atom is 0.303 e. The number of carboxylic acids is 1. The van der Waals surface area contributed by atoms with Crippen LogP contribution in [-0.4, -0.2) is 11.1 Å². The summed E-state index contributed by atoms with van der Waals surface area (Å²) in [5, 5.41) is 9.21. The summed E-state index contributed by atoms with van der Waals surface area (Å²) < 4.78 is 0. The van der Waals surface area contributed by atoms with Crippen molar-refractivity contribution < 1.29 is 9.90 Å². The van der Waals surface area contributed by atoms with Gasteiger partial charge in [0, 0.05) is 0 Å². The summed E-state index contributed by atoms with van der Waals surface area (Å²) in [6.07, 6.45) is 7.83. The lowest BCUT2D eigenvalue weighted by Crippen LogP contribution is -2.21. The van der Waals surface area contributed by atoms with E-state index in [1.807, 2.05) is 0 Å². The summed E-state index contributed by atoms with van der Waals surface area (Å²) in [6.45, 7) is 4.75. The summed E-state index contributed by atoms with van der Waals surface area (Å²) in [6, 6.07) is 8.85. The minimum absolute atomic E-state index is 0.217. The molecular weight excluding hydrogens is 272 g/mol. The second-order valence-corrected chi connectivity index (χ2v) is 8.17. The molecule has 2 fully saturated rings. The highest BCUT2D eigenvalue weighted by atomic mass is 16.4. The monoisotopic (exact) mass is 300 g/mol. The fourth-order valence-corrected chi connectivity index (χ4v) is 4.27. The molecule has 0 amide bonds. The van der Waals surface area contributed by atoms with Crippen LogP contribution in [0.25, 0.3) is 0 Å². The van der Waals surface area contributed by atoms with Gasteiger partial charge in [-0.15, -0.1) is 0 Å². The number of aliphatic carboxylic acids is 1. The van der Waals surface area contributed by atoms with Crippen LogP contribution in [-0.2, 0) is 4.79 Å². The summed E-state index contributed by atoms with van der Waals surface area (Å²) in [5.74, 6) is 0.790. The topological polar surface area (TPSA) is 37.3 Å². The Morgan fingerprint density at radius 3 is 2.73 bits per heavy atom. The lowest BCUT2D eigenvalue weighted by Gasteiger charge is -2.35. The van der Waals surface area contributed by atoms with Crippen molar-refractivity contribution in [2.75, 3.05) is 0 Å². The number of hydrogen-bond donors (Lipinski definition) is 1. The molecular formula is C20H28O2. The van der Waals surface area contributed by atoms with E-state index in [1.165, 1.54) is 49.7 Å². The third kappa shape index (κ3) is 3.71. The predicted molar refractivity (Wildman–Crippen MR) is 89.1 cm³/mol. The molecule has 2 saturated carbocycles. The van der Waals surface area contributed by atoms with Crippen LogP contribution in [0.15, 0.2) is 24.3 Å². The first-order valence-electron chi connectivity index (χ1n) is 8.76. The quantitative estimate of drug-likeness (QED) is 0.797. The van der Waals surface area contributed by atoms with E-state index in [-0.39, 0.29) is 12.3 Å². The van der Waals surface area contributed by atoms with Gasteiger partial charge in [-0.3, -0.25) is 4.79 Å². The molecule has 22 heavy (non-hydrogen) atoms. The van der Waals surface area contributed by atoms with E-state index in [2.05, 4.69) is 38.1 Å². The molecule has 0 aliphatic heterocycles. The molecule has 2 unspecified atom stereocenters. The predicted octanol–water partition coefficient (Wildman–Crippen LogP) is 5.34. The van der Waals surface area contributed by atoms with Crippen LogP contribution in [0.3, 0.4) is 0 Å². The SMILES string of the molecule is CC1(C)CCCC(c2cccc(C(CC(=O)O)C3CC3)c2)C1. The third-order valence-electron chi connectivity index (χ3n) is 5.60. The number of rotatable bonds is 5. The van der Waals surface area contributed by atoms with Crippen molar-refractivity contribution in [2.24, 2.45) is 11.3 Å². The summed E-state index contributed by atoms with van der Waals surface area (Å²) in [7, 11) is 0. The standard InChI is InChI=1S/C20H28O2/c1-20(2)10-4-7-17(13-20)15-5-3-6-16(11-15)18(12-19(21)22)14-8-9-14/h3,5-6,11,14,17-18H,4,7-10,12-13H2,1-2H3,(H,21,22). The van der Waals surface area contributed by atoms with Crippen LogP contribution in [0.2, 0.25) is 0 Å². The number of carbonyl (C=O) groups is 1. The Balaban J connectivity index is 1.80. The third-order valence-corrected chi connectivity index (χ3v) is 5.60. The normalized spacial score (nSPS) is 25.6. The number of benzene rings is 1. The molecule has 3 rings (SSSR count). The van der Waals surface area contributed by atoms with E-state index < -0.39 is 5.97 Å². The van der Waals surface area contributed by atoms with Crippen LogP contribution in [0.5, 0.6) is 0 Å². The van der Waals surface area contributed by atoms with Crippen molar-refractivity contribution in [1.29, 1.82) is 0 Å². The van der Waals surface area contributed by atoms with Gasteiger partial charge in [-0.2, -0.15) is 0 Å². The molecule has 0 spiro atoms. The van der Waals surface area contributed by atoms with Gasteiger partial charge < -0.3 is 5.11 Å². The lowest BCUT2D eigenvalue weighted by atomic mass is 9.70. The van der Waals surface area contributed by atoms with Crippen molar-refractivity contribution >= 4 is 5.97 Å². The first kappa shape index (κ1) is 15.6. The maximum atomic E-state index is 11.2. The second kappa shape index (κ2) is 6.06. The van der Waals surface area contributed by atoms with Crippen LogP contribution in [0, 0.1) is 11.3 Å². The van der Waals surface area contributed by atoms with Gasteiger partial charge in [-0.05, 0) is 66.4 Å². The van der Waals surface area contributed by atoms with Crippen LogP contribution < -0.4 is 0 Å².